The highest BCUT2D eigenvalue weighted by Crippen LogP contribution is 2.31. The second-order valence-electron chi connectivity index (χ2n) is 7.32. The van der Waals surface area contributed by atoms with Gasteiger partial charge in [-0.25, -0.2) is 14.6 Å². The third-order valence-electron chi connectivity index (χ3n) is 4.09. The number of rotatable bonds is 6. The number of nitrogens with two attached hydrogens (primary N) is 1. The van der Waals surface area contributed by atoms with Crippen LogP contribution in [0.15, 0.2) is 47.4 Å². The fraction of sp³-hybridized carbons (Fsp3) is 0.333. The van der Waals surface area contributed by atoms with E-state index in [0.29, 0.717) is 29.5 Å². The highest BCUT2D eigenvalue weighted by atomic mass is 16.5. The first-order valence-electron chi connectivity index (χ1n) is 9.31. The molecule has 7 nitrogen and oxygen atoms in total. The van der Waals surface area contributed by atoms with Crippen LogP contribution in [0.2, 0.25) is 0 Å². The normalized spacial score (nSPS) is 11.2. The van der Waals surface area contributed by atoms with Gasteiger partial charge in [0.15, 0.2) is 0 Å². The summed E-state index contributed by atoms with van der Waals surface area (Å²) in [6.07, 6.45) is 1.64. The molecule has 2 N–H and O–H groups in total. The molecule has 3 aromatic rings. The van der Waals surface area contributed by atoms with E-state index in [4.69, 9.17) is 10.5 Å². The van der Waals surface area contributed by atoms with Crippen LogP contribution in [-0.4, -0.2) is 26.4 Å². The lowest BCUT2D eigenvalue weighted by atomic mass is 10.0. The molecule has 1 aromatic carbocycles. The van der Waals surface area contributed by atoms with Crippen LogP contribution in [0, 0.1) is 5.92 Å². The van der Waals surface area contributed by atoms with E-state index in [2.05, 4.69) is 28.9 Å². The van der Waals surface area contributed by atoms with E-state index in [1.807, 2.05) is 38.1 Å². The summed E-state index contributed by atoms with van der Waals surface area (Å²) in [5, 5.41) is 4.49. The molecule has 0 spiro atoms. The molecule has 7 heteroatoms. The van der Waals surface area contributed by atoms with E-state index in [9.17, 15) is 4.79 Å². The molecule has 28 heavy (non-hydrogen) atoms. The molecule has 0 saturated carbocycles. The van der Waals surface area contributed by atoms with Gasteiger partial charge in [-0.1, -0.05) is 26.0 Å². The predicted octanol–water partition coefficient (Wildman–Crippen LogP) is 3.57. The first-order valence-corrected chi connectivity index (χ1v) is 9.31. The van der Waals surface area contributed by atoms with Crippen molar-refractivity contribution in [3.63, 3.8) is 0 Å². The van der Waals surface area contributed by atoms with Gasteiger partial charge in [0, 0.05) is 23.4 Å². The SMILES string of the molecule is CC(C)COc1cccc(-c2nc(N)ncc2-c2ccc(=O)n(C(C)C)n2)c1. The molecule has 0 unspecified atom stereocenters. The van der Waals surface area contributed by atoms with Crippen LogP contribution in [0.3, 0.4) is 0 Å². The van der Waals surface area contributed by atoms with Gasteiger partial charge in [0.1, 0.15) is 5.75 Å². The second-order valence-corrected chi connectivity index (χ2v) is 7.32. The molecule has 0 atom stereocenters. The number of benzene rings is 1. The van der Waals surface area contributed by atoms with E-state index >= 15 is 0 Å². The van der Waals surface area contributed by atoms with Gasteiger partial charge in [-0.05, 0) is 38.0 Å². The Morgan fingerprint density at radius 1 is 1.14 bits per heavy atom. The Hall–Kier alpha value is -3.22. The van der Waals surface area contributed by atoms with Crippen molar-refractivity contribution in [3.8, 4) is 28.3 Å². The molecule has 3 rings (SSSR count). The largest absolute Gasteiger partial charge is 0.493 e. The summed E-state index contributed by atoms with van der Waals surface area (Å²) in [6, 6.07) is 10.8. The molecule has 2 aromatic heterocycles. The van der Waals surface area contributed by atoms with Crippen molar-refractivity contribution in [1.82, 2.24) is 19.7 Å². The number of ether oxygens (including phenoxy) is 1. The zero-order valence-electron chi connectivity index (χ0n) is 16.6. The number of nitrogens with zero attached hydrogens (tertiary/aromatic N) is 4. The molecule has 0 amide bonds. The van der Waals surface area contributed by atoms with E-state index in [-0.39, 0.29) is 17.5 Å². The Morgan fingerprint density at radius 2 is 1.93 bits per heavy atom. The number of aromatic nitrogens is 4. The summed E-state index contributed by atoms with van der Waals surface area (Å²) < 4.78 is 7.28. The minimum atomic E-state index is -0.152. The quantitative estimate of drug-likeness (QED) is 0.703. The van der Waals surface area contributed by atoms with Crippen LogP contribution >= 0.6 is 0 Å². The molecule has 2 heterocycles. The molecule has 0 radical (unpaired) electrons. The lowest BCUT2D eigenvalue weighted by molar-refractivity contribution is 0.271. The highest BCUT2D eigenvalue weighted by Gasteiger charge is 2.15. The van der Waals surface area contributed by atoms with Gasteiger partial charge in [0.05, 0.1) is 24.0 Å². The van der Waals surface area contributed by atoms with Crippen LogP contribution in [0.25, 0.3) is 22.5 Å². The van der Waals surface area contributed by atoms with Crippen molar-refractivity contribution >= 4 is 5.95 Å². The summed E-state index contributed by atoms with van der Waals surface area (Å²) in [5.74, 6) is 1.36. The van der Waals surface area contributed by atoms with E-state index in [0.717, 1.165) is 11.3 Å². The third kappa shape index (κ3) is 4.36. The topological polar surface area (TPSA) is 95.9 Å². The Kier molecular flexibility index (Phi) is 5.73. The van der Waals surface area contributed by atoms with Gasteiger partial charge in [-0.3, -0.25) is 4.79 Å². The van der Waals surface area contributed by atoms with E-state index in [1.165, 1.54) is 10.7 Å². The molecule has 0 saturated heterocycles. The maximum Gasteiger partial charge on any atom is 0.267 e. The Bertz CT molecular complexity index is 1030. The molecular weight excluding hydrogens is 354 g/mol. The predicted molar refractivity (Wildman–Crippen MR) is 110 cm³/mol. The standard InChI is InChI=1S/C21H25N5O2/c1-13(2)12-28-16-7-5-6-15(10-16)20-17(11-23-21(22)24-20)18-8-9-19(27)26(25-18)14(3)4/h5-11,13-14H,12H2,1-4H3,(H2,22,23,24). The Morgan fingerprint density at radius 3 is 2.64 bits per heavy atom. The van der Waals surface area contributed by atoms with Crippen LogP contribution < -0.4 is 16.0 Å². The molecular formula is C21H25N5O2. The summed E-state index contributed by atoms with van der Waals surface area (Å²) in [6.45, 7) is 8.65. The summed E-state index contributed by atoms with van der Waals surface area (Å²) in [5.41, 5.74) is 8.49. The lowest BCUT2D eigenvalue weighted by Gasteiger charge is -2.14. The summed E-state index contributed by atoms with van der Waals surface area (Å²) in [7, 11) is 0. The van der Waals surface area contributed by atoms with Crippen molar-refractivity contribution in [3.05, 3.63) is 52.9 Å². The number of anilines is 1. The van der Waals surface area contributed by atoms with E-state index in [1.54, 1.807) is 12.3 Å². The number of hydrogen-bond donors (Lipinski definition) is 1. The molecule has 0 fully saturated rings. The molecule has 146 valence electrons. The Labute approximate surface area is 164 Å². The third-order valence-corrected chi connectivity index (χ3v) is 4.09. The zero-order valence-corrected chi connectivity index (χ0v) is 16.6. The highest BCUT2D eigenvalue weighted by molar-refractivity contribution is 5.79. The lowest BCUT2D eigenvalue weighted by Crippen LogP contribution is -2.24. The summed E-state index contributed by atoms with van der Waals surface area (Å²) >= 11 is 0. The van der Waals surface area contributed by atoms with Crippen molar-refractivity contribution in [2.45, 2.75) is 33.7 Å². The Balaban J connectivity index is 2.09. The fourth-order valence-electron chi connectivity index (χ4n) is 2.74. The van der Waals surface area contributed by atoms with Crippen molar-refractivity contribution in [2.24, 2.45) is 5.92 Å². The molecule has 0 aliphatic rings. The van der Waals surface area contributed by atoms with Gasteiger partial charge < -0.3 is 10.5 Å². The van der Waals surface area contributed by atoms with Crippen molar-refractivity contribution in [2.75, 3.05) is 12.3 Å². The maximum absolute atomic E-state index is 12.1. The minimum absolute atomic E-state index is 0.0571. The van der Waals surface area contributed by atoms with Crippen LogP contribution in [0.1, 0.15) is 33.7 Å². The average Bonchev–Trinajstić information content (AvgIpc) is 2.67. The van der Waals surface area contributed by atoms with Crippen LogP contribution in [0.4, 0.5) is 5.95 Å². The molecule has 0 bridgehead atoms. The fourth-order valence-corrected chi connectivity index (χ4v) is 2.74. The monoisotopic (exact) mass is 379 g/mol. The van der Waals surface area contributed by atoms with Gasteiger partial charge >= 0.3 is 0 Å². The van der Waals surface area contributed by atoms with Crippen molar-refractivity contribution in [1.29, 1.82) is 0 Å². The number of hydrogen-bond acceptors (Lipinski definition) is 6. The molecule has 0 aliphatic heterocycles. The van der Waals surface area contributed by atoms with E-state index < -0.39 is 0 Å². The summed E-state index contributed by atoms with van der Waals surface area (Å²) in [4.78, 5) is 20.6. The van der Waals surface area contributed by atoms with Gasteiger partial charge in [-0.15, -0.1) is 0 Å². The van der Waals surface area contributed by atoms with Crippen LogP contribution in [-0.2, 0) is 0 Å². The van der Waals surface area contributed by atoms with Gasteiger partial charge in [0.25, 0.3) is 5.56 Å². The maximum atomic E-state index is 12.1. The van der Waals surface area contributed by atoms with Gasteiger partial charge in [0.2, 0.25) is 5.95 Å². The zero-order chi connectivity index (χ0) is 20.3. The van der Waals surface area contributed by atoms with Crippen molar-refractivity contribution < 1.29 is 4.74 Å². The second kappa shape index (κ2) is 8.21. The smallest absolute Gasteiger partial charge is 0.267 e. The molecule has 0 aliphatic carbocycles. The van der Waals surface area contributed by atoms with Crippen LogP contribution in [0.5, 0.6) is 5.75 Å². The first kappa shape index (κ1) is 19.5. The first-order chi connectivity index (χ1) is 13.3. The number of nitrogen functional groups attached to an aromatic ring is 1. The van der Waals surface area contributed by atoms with Gasteiger partial charge in [-0.2, -0.15) is 5.10 Å². The minimum Gasteiger partial charge on any atom is -0.493 e. The average molecular weight is 379 g/mol.